The molecule has 0 atom stereocenters. The first-order chi connectivity index (χ1) is 8.76. The van der Waals surface area contributed by atoms with Gasteiger partial charge in [0, 0.05) is 17.7 Å². The van der Waals surface area contributed by atoms with Crippen LogP contribution in [0.5, 0.6) is 17.2 Å². The van der Waals surface area contributed by atoms with Gasteiger partial charge in [-0.25, -0.2) is 0 Å². The lowest BCUT2D eigenvalue weighted by atomic mass is 10.1. The first kappa shape index (κ1) is 14.6. The van der Waals surface area contributed by atoms with Crippen LogP contribution < -0.4 is 19.5 Å². The van der Waals surface area contributed by atoms with Gasteiger partial charge in [-0.05, 0) is 32.9 Å². The summed E-state index contributed by atoms with van der Waals surface area (Å²) in [6.07, 6.45) is 3.17. The Labute approximate surface area is 109 Å². The Hall–Kier alpha value is -1.42. The van der Waals surface area contributed by atoms with Crippen molar-refractivity contribution >= 4 is 0 Å². The first-order valence-corrected chi connectivity index (χ1v) is 6.20. The normalized spacial score (nSPS) is 10.2. The van der Waals surface area contributed by atoms with Gasteiger partial charge in [-0.15, -0.1) is 0 Å². The quantitative estimate of drug-likeness (QED) is 0.721. The predicted octanol–water partition coefficient (Wildman–Crippen LogP) is 2.25. The topological polar surface area (TPSA) is 39.7 Å². The van der Waals surface area contributed by atoms with Crippen molar-refractivity contribution in [1.82, 2.24) is 5.32 Å². The molecule has 0 spiro atoms. The van der Waals surface area contributed by atoms with E-state index in [1.54, 1.807) is 21.3 Å². The number of rotatable bonds is 8. The molecule has 0 aromatic heterocycles. The maximum Gasteiger partial charge on any atom is 0.129 e. The van der Waals surface area contributed by atoms with Gasteiger partial charge < -0.3 is 19.5 Å². The molecule has 0 amide bonds. The third kappa shape index (κ3) is 3.81. The molecule has 0 bridgehead atoms. The average molecular weight is 253 g/mol. The lowest BCUT2D eigenvalue weighted by Crippen LogP contribution is -2.08. The molecule has 4 nitrogen and oxygen atoms in total. The van der Waals surface area contributed by atoms with Crippen molar-refractivity contribution in [3.63, 3.8) is 0 Å². The van der Waals surface area contributed by atoms with E-state index in [4.69, 9.17) is 14.2 Å². The van der Waals surface area contributed by atoms with E-state index in [-0.39, 0.29) is 0 Å². The number of nitrogens with one attached hydrogen (secondary N) is 1. The zero-order valence-electron chi connectivity index (χ0n) is 11.7. The zero-order valence-corrected chi connectivity index (χ0v) is 11.7. The summed E-state index contributed by atoms with van der Waals surface area (Å²) in [7, 11) is 6.95. The van der Waals surface area contributed by atoms with Crippen LogP contribution in [0.25, 0.3) is 0 Å². The molecule has 1 aromatic rings. The second kappa shape index (κ2) is 7.82. The van der Waals surface area contributed by atoms with E-state index in [0.717, 1.165) is 48.6 Å². The van der Waals surface area contributed by atoms with Crippen molar-refractivity contribution in [3.05, 3.63) is 17.7 Å². The van der Waals surface area contributed by atoms with Gasteiger partial charge in [0.25, 0.3) is 0 Å². The minimum absolute atomic E-state index is 0.752. The fourth-order valence-electron chi connectivity index (χ4n) is 1.93. The van der Waals surface area contributed by atoms with Crippen molar-refractivity contribution < 1.29 is 14.2 Å². The number of hydrogen-bond acceptors (Lipinski definition) is 4. The lowest BCUT2D eigenvalue weighted by molar-refractivity contribution is 0.368. The highest BCUT2D eigenvalue weighted by molar-refractivity contribution is 5.50. The Morgan fingerprint density at radius 1 is 0.944 bits per heavy atom. The van der Waals surface area contributed by atoms with Crippen molar-refractivity contribution in [3.8, 4) is 17.2 Å². The van der Waals surface area contributed by atoms with E-state index < -0.39 is 0 Å². The summed E-state index contributed by atoms with van der Waals surface area (Å²) in [6, 6.07) is 3.80. The van der Waals surface area contributed by atoms with Gasteiger partial charge in [-0.3, -0.25) is 0 Å². The molecule has 102 valence electrons. The van der Waals surface area contributed by atoms with Crippen LogP contribution in [-0.4, -0.2) is 34.9 Å². The summed E-state index contributed by atoms with van der Waals surface area (Å²) < 4.78 is 16.1. The van der Waals surface area contributed by atoms with E-state index in [2.05, 4.69) is 5.32 Å². The van der Waals surface area contributed by atoms with Gasteiger partial charge in [-0.1, -0.05) is 0 Å². The van der Waals surface area contributed by atoms with Crippen LogP contribution in [0.1, 0.15) is 18.4 Å². The Bertz CT molecular complexity index is 341. The van der Waals surface area contributed by atoms with E-state index in [9.17, 15) is 0 Å². The van der Waals surface area contributed by atoms with Gasteiger partial charge in [0.1, 0.15) is 17.2 Å². The second-order valence-electron chi connectivity index (χ2n) is 4.07. The number of methoxy groups -OCH3 is 3. The molecule has 0 heterocycles. The molecule has 1 rings (SSSR count). The molecule has 1 aromatic carbocycles. The number of ether oxygens (including phenoxy) is 3. The highest BCUT2D eigenvalue weighted by Crippen LogP contribution is 2.34. The summed E-state index contributed by atoms with van der Waals surface area (Å²) in [4.78, 5) is 0. The van der Waals surface area contributed by atoms with Crippen LogP contribution >= 0.6 is 0 Å². The SMILES string of the molecule is CNCCCCc1c(OC)cc(OC)cc1OC. The molecular weight excluding hydrogens is 230 g/mol. The Morgan fingerprint density at radius 3 is 2.00 bits per heavy atom. The Balaban J connectivity index is 2.85. The van der Waals surface area contributed by atoms with Crippen LogP contribution in [0.4, 0.5) is 0 Å². The van der Waals surface area contributed by atoms with Gasteiger partial charge in [0.05, 0.1) is 21.3 Å². The summed E-state index contributed by atoms with van der Waals surface area (Å²) in [5, 5.41) is 3.15. The third-order valence-electron chi connectivity index (χ3n) is 2.92. The summed E-state index contributed by atoms with van der Waals surface area (Å²) >= 11 is 0. The van der Waals surface area contributed by atoms with E-state index in [0.29, 0.717) is 0 Å². The zero-order chi connectivity index (χ0) is 13.4. The first-order valence-electron chi connectivity index (χ1n) is 6.20. The van der Waals surface area contributed by atoms with Crippen molar-refractivity contribution in [2.24, 2.45) is 0 Å². The largest absolute Gasteiger partial charge is 0.496 e. The second-order valence-corrected chi connectivity index (χ2v) is 4.07. The number of hydrogen-bond donors (Lipinski definition) is 1. The summed E-state index contributed by atoms with van der Waals surface area (Å²) in [5.41, 5.74) is 1.11. The molecule has 0 saturated carbocycles. The lowest BCUT2D eigenvalue weighted by Gasteiger charge is -2.15. The molecule has 4 heteroatoms. The van der Waals surface area contributed by atoms with Gasteiger partial charge in [0.2, 0.25) is 0 Å². The van der Waals surface area contributed by atoms with Crippen LogP contribution in [0, 0.1) is 0 Å². The molecule has 0 saturated heterocycles. The summed E-state index contributed by atoms with van der Waals surface area (Å²) in [6.45, 7) is 1.03. The van der Waals surface area contributed by atoms with E-state index in [1.165, 1.54) is 0 Å². The van der Waals surface area contributed by atoms with E-state index in [1.807, 2.05) is 19.2 Å². The molecule has 0 unspecified atom stereocenters. The molecule has 0 aliphatic rings. The van der Waals surface area contributed by atoms with Gasteiger partial charge >= 0.3 is 0 Å². The standard InChI is InChI=1S/C14H23NO3/c1-15-8-6-5-7-12-13(17-3)9-11(16-2)10-14(12)18-4/h9-10,15H,5-8H2,1-4H3. The minimum atomic E-state index is 0.752. The molecule has 18 heavy (non-hydrogen) atoms. The Kier molecular flexibility index (Phi) is 6.36. The van der Waals surface area contributed by atoms with Crippen molar-refractivity contribution in [1.29, 1.82) is 0 Å². The fourth-order valence-corrected chi connectivity index (χ4v) is 1.93. The van der Waals surface area contributed by atoms with E-state index >= 15 is 0 Å². The van der Waals surface area contributed by atoms with Gasteiger partial charge in [0.15, 0.2) is 0 Å². The number of benzene rings is 1. The van der Waals surface area contributed by atoms with Crippen molar-refractivity contribution in [2.45, 2.75) is 19.3 Å². The molecule has 0 radical (unpaired) electrons. The van der Waals surface area contributed by atoms with Crippen LogP contribution in [-0.2, 0) is 6.42 Å². The van der Waals surface area contributed by atoms with Crippen LogP contribution in [0.15, 0.2) is 12.1 Å². The minimum Gasteiger partial charge on any atom is -0.496 e. The smallest absolute Gasteiger partial charge is 0.129 e. The van der Waals surface area contributed by atoms with Crippen LogP contribution in [0.2, 0.25) is 0 Å². The highest BCUT2D eigenvalue weighted by Gasteiger charge is 2.12. The molecule has 0 fully saturated rings. The fraction of sp³-hybridized carbons (Fsp3) is 0.571. The van der Waals surface area contributed by atoms with Crippen LogP contribution in [0.3, 0.4) is 0 Å². The van der Waals surface area contributed by atoms with Gasteiger partial charge in [-0.2, -0.15) is 0 Å². The molecule has 1 N–H and O–H groups in total. The van der Waals surface area contributed by atoms with Crippen molar-refractivity contribution in [2.75, 3.05) is 34.9 Å². The predicted molar refractivity (Wildman–Crippen MR) is 73.0 cm³/mol. The third-order valence-corrected chi connectivity index (χ3v) is 2.92. The summed E-state index contributed by atoms with van der Waals surface area (Å²) in [5.74, 6) is 2.41. The maximum atomic E-state index is 5.41. The molecule has 0 aliphatic carbocycles. The molecular formula is C14H23NO3. The Morgan fingerprint density at radius 2 is 1.56 bits per heavy atom. The average Bonchev–Trinajstić information content (AvgIpc) is 2.42. The number of unbranched alkanes of at least 4 members (excludes halogenated alkanes) is 1. The monoisotopic (exact) mass is 253 g/mol. The molecule has 0 aliphatic heterocycles. The highest BCUT2D eigenvalue weighted by atomic mass is 16.5. The maximum absolute atomic E-state index is 5.41.